The van der Waals surface area contributed by atoms with Gasteiger partial charge < -0.3 is 15.4 Å². The maximum absolute atomic E-state index is 11.4. The van der Waals surface area contributed by atoms with Crippen LogP contribution in [0, 0.1) is 17.2 Å². The summed E-state index contributed by atoms with van der Waals surface area (Å²) in [4.78, 5) is 11.4. The number of alkyl carbamates (subject to hydrolysis) is 1. The van der Waals surface area contributed by atoms with Crippen molar-refractivity contribution < 1.29 is 9.53 Å². The third kappa shape index (κ3) is 3.76. The molecule has 0 radical (unpaired) electrons. The van der Waals surface area contributed by atoms with Crippen molar-refractivity contribution in [2.75, 3.05) is 13.1 Å². The first kappa shape index (κ1) is 11.8. The first-order valence-corrected chi connectivity index (χ1v) is 5.02. The molecule has 0 unspecified atom stereocenters. The Morgan fingerprint density at radius 2 is 2.20 bits per heavy atom. The third-order valence-corrected chi connectivity index (χ3v) is 2.08. The van der Waals surface area contributed by atoms with E-state index in [2.05, 4.69) is 16.7 Å². The van der Waals surface area contributed by atoms with Crippen LogP contribution in [0.25, 0.3) is 0 Å². The maximum atomic E-state index is 11.4. The summed E-state index contributed by atoms with van der Waals surface area (Å²) in [6.07, 6.45) is -0.462. The Balaban J connectivity index is 2.42. The van der Waals surface area contributed by atoms with E-state index in [0.717, 1.165) is 0 Å². The second-order valence-electron chi connectivity index (χ2n) is 4.65. The summed E-state index contributed by atoms with van der Waals surface area (Å²) in [7, 11) is 0. The second-order valence-corrected chi connectivity index (χ2v) is 4.65. The van der Waals surface area contributed by atoms with Crippen molar-refractivity contribution in [2.45, 2.75) is 32.4 Å². The molecule has 1 fully saturated rings. The predicted molar refractivity (Wildman–Crippen MR) is 55.1 cm³/mol. The SMILES string of the molecule is CC(C)(C)OC(=O)N[C@H]1CNC[C@H]1C#N. The highest BCUT2D eigenvalue weighted by atomic mass is 16.6. The summed E-state index contributed by atoms with van der Waals surface area (Å²) in [5.74, 6) is -0.169. The Labute approximate surface area is 89.8 Å². The fourth-order valence-corrected chi connectivity index (χ4v) is 1.43. The molecule has 1 aliphatic heterocycles. The van der Waals surface area contributed by atoms with Gasteiger partial charge in [-0.25, -0.2) is 4.79 Å². The van der Waals surface area contributed by atoms with Crippen LogP contribution in [0.1, 0.15) is 20.8 Å². The largest absolute Gasteiger partial charge is 0.444 e. The smallest absolute Gasteiger partial charge is 0.407 e. The lowest BCUT2D eigenvalue weighted by Crippen LogP contribution is -2.42. The van der Waals surface area contributed by atoms with E-state index in [1.54, 1.807) is 20.8 Å². The van der Waals surface area contributed by atoms with Crippen LogP contribution in [0.4, 0.5) is 4.79 Å². The van der Waals surface area contributed by atoms with Crippen LogP contribution in [0.15, 0.2) is 0 Å². The number of hydrogen-bond acceptors (Lipinski definition) is 4. The van der Waals surface area contributed by atoms with Crippen molar-refractivity contribution in [1.82, 2.24) is 10.6 Å². The average molecular weight is 211 g/mol. The van der Waals surface area contributed by atoms with E-state index >= 15 is 0 Å². The number of nitriles is 1. The van der Waals surface area contributed by atoms with Crippen LogP contribution < -0.4 is 10.6 Å². The van der Waals surface area contributed by atoms with Crippen molar-refractivity contribution in [3.05, 3.63) is 0 Å². The fraction of sp³-hybridized carbons (Fsp3) is 0.800. The summed E-state index contributed by atoms with van der Waals surface area (Å²) in [5, 5.41) is 14.5. The zero-order chi connectivity index (χ0) is 11.5. The van der Waals surface area contributed by atoms with Gasteiger partial charge in [-0.05, 0) is 20.8 Å². The number of carbonyl (C=O) groups excluding carboxylic acids is 1. The minimum absolute atomic E-state index is 0.148. The standard InChI is InChI=1S/C10H17N3O2/c1-10(2,3)15-9(14)13-8-6-12-5-7(8)4-11/h7-8,12H,5-6H2,1-3H3,(H,13,14)/t7-,8+/m1/s1. The van der Waals surface area contributed by atoms with Gasteiger partial charge in [-0.3, -0.25) is 0 Å². The molecule has 0 aromatic carbocycles. The Kier molecular flexibility index (Phi) is 3.53. The van der Waals surface area contributed by atoms with Gasteiger partial charge in [-0.1, -0.05) is 0 Å². The number of hydrogen-bond donors (Lipinski definition) is 2. The van der Waals surface area contributed by atoms with Crippen LogP contribution in [-0.2, 0) is 4.74 Å². The lowest BCUT2D eigenvalue weighted by atomic mass is 10.1. The number of nitrogens with zero attached hydrogens (tertiary/aromatic N) is 1. The highest BCUT2D eigenvalue weighted by Gasteiger charge is 2.29. The topological polar surface area (TPSA) is 74.2 Å². The van der Waals surface area contributed by atoms with E-state index in [4.69, 9.17) is 10.00 Å². The van der Waals surface area contributed by atoms with E-state index in [-0.39, 0.29) is 12.0 Å². The zero-order valence-corrected chi connectivity index (χ0v) is 9.33. The first-order valence-electron chi connectivity index (χ1n) is 5.02. The van der Waals surface area contributed by atoms with Gasteiger partial charge in [0.2, 0.25) is 0 Å². The number of nitrogens with one attached hydrogen (secondary N) is 2. The van der Waals surface area contributed by atoms with E-state index in [0.29, 0.717) is 13.1 Å². The highest BCUT2D eigenvalue weighted by molar-refractivity contribution is 5.68. The second kappa shape index (κ2) is 4.49. The van der Waals surface area contributed by atoms with E-state index in [1.807, 2.05) is 0 Å². The molecule has 0 bridgehead atoms. The zero-order valence-electron chi connectivity index (χ0n) is 9.33. The van der Waals surface area contributed by atoms with Crippen LogP contribution >= 0.6 is 0 Å². The van der Waals surface area contributed by atoms with Gasteiger partial charge in [0.25, 0.3) is 0 Å². The van der Waals surface area contributed by atoms with Crippen LogP contribution in [0.2, 0.25) is 0 Å². The lowest BCUT2D eigenvalue weighted by Gasteiger charge is -2.22. The normalized spacial score (nSPS) is 25.7. The van der Waals surface area contributed by atoms with Crippen LogP contribution in [0.5, 0.6) is 0 Å². The molecule has 0 aromatic heterocycles. The van der Waals surface area contributed by atoms with Gasteiger partial charge >= 0.3 is 6.09 Å². The monoisotopic (exact) mass is 211 g/mol. The van der Waals surface area contributed by atoms with E-state index in [1.165, 1.54) is 0 Å². The molecule has 84 valence electrons. The molecule has 1 rings (SSSR count). The molecule has 2 N–H and O–H groups in total. The highest BCUT2D eigenvalue weighted by Crippen LogP contribution is 2.10. The molecule has 0 aliphatic carbocycles. The molecular formula is C10H17N3O2. The summed E-state index contributed by atoms with van der Waals surface area (Å²) in [6, 6.07) is 2.00. The van der Waals surface area contributed by atoms with E-state index in [9.17, 15) is 4.79 Å². The average Bonchev–Trinajstić information content (AvgIpc) is 2.48. The molecular weight excluding hydrogens is 194 g/mol. The molecule has 15 heavy (non-hydrogen) atoms. The van der Waals surface area contributed by atoms with Gasteiger partial charge in [0.15, 0.2) is 0 Å². The molecule has 5 nitrogen and oxygen atoms in total. The molecule has 0 saturated carbocycles. The van der Waals surface area contributed by atoms with Gasteiger partial charge in [-0.15, -0.1) is 0 Å². The van der Waals surface area contributed by atoms with Gasteiger partial charge in [0, 0.05) is 13.1 Å². The third-order valence-electron chi connectivity index (χ3n) is 2.08. The number of ether oxygens (including phenoxy) is 1. The summed E-state index contributed by atoms with van der Waals surface area (Å²) >= 11 is 0. The predicted octanol–water partition coefficient (Wildman–Crippen LogP) is 0.623. The quantitative estimate of drug-likeness (QED) is 0.667. The summed E-state index contributed by atoms with van der Waals surface area (Å²) in [5.41, 5.74) is -0.502. The molecule has 0 aromatic rings. The lowest BCUT2D eigenvalue weighted by molar-refractivity contribution is 0.0502. The number of rotatable bonds is 1. The number of amides is 1. The van der Waals surface area contributed by atoms with Crippen molar-refractivity contribution >= 4 is 6.09 Å². The number of carbonyl (C=O) groups is 1. The van der Waals surface area contributed by atoms with Crippen molar-refractivity contribution in [1.29, 1.82) is 5.26 Å². The fourth-order valence-electron chi connectivity index (χ4n) is 1.43. The Morgan fingerprint density at radius 1 is 1.53 bits per heavy atom. The first-order chi connectivity index (χ1) is 6.92. The Morgan fingerprint density at radius 3 is 2.73 bits per heavy atom. The molecule has 2 atom stereocenters. The summed E-state index contributed by atoms with van der Waals surface area (Å²) < 4.78 is 5.11. The van der Waals surface area contributed by atoms with Crippen molar-refractivity contribution in [3.8, 4) is 6.07 Å². The van der Waals surface area contributed by atoms with Gasteiger partial charge in [0.05, 0.1) is 18.0 Å². The summed E-state index contributed by atoms with van der Waals surface area (Å²) in [6.45, 7) is 6.66. The molecule has 1 amide bonds. The van der Waals surface area contributed by atoms with Crippen molar-refractivity contribution in [3.63, 3.8) is 0 Å². The molecule has 1 aliphatic rings. The van der Waals surface area contributed by atoms with Crippen molar-refractivity contribution in [2.24, 2.45) is 5.92 Å². The minimum Gasteiger partial charge on any atom is -0.444 e. The van der Waals surface area contributed by atoms with Gasteiger partial charge in [0.1, 0.15) is 5.60 Å². The molecule has 5 heteroatoms. The van der Waals surface area contributed by atoms with Gasteiger partial charge in [-0.2, -0.15) is 5.26 Å². The maximum Gasteiger partial charge on any atom is 0.407 e. The van der Waals surface area contributed by atoms with Crippen LogP contribution in [-0.4, -0.2) is 30.8 Å². The Bertz CT molecular complexity index is 277. The van der Waals surface area contributed by atoms with E-state index < -0.39 is 11.7 Å². The molecule has 0 spiro atoms. The Hall–Kier alpha value is -1.28. The van der Waals surface area contributed by atoms with Crippen LogP contribution in [0.3, 0.4) is 0 Å². The molecule has 1 heterocycles. The minimum atomic E-state index is -0.502. The molecule has 1 saturated heterocycles.